The molecule has 0 aliphatic heterocycles. The molecule has 0 amide bonds. The zero-order valence-corrected chi connectivity index (χ0v) is 19.8. The van der Waals surface area contributed by atoms with Crippen LogP contribution in [-0.2, 0) is 35.5 Å². The summed E-state index contributed by atoms with van der Waals surface area (Å²) in [7, 11) is -1.22. The number of rotatable bonds is 7. The van der Waals surface area contributed by atoms with E-state index in [4.69, 9.17) is 16.3 Å². The van der Waals surface area contributed by atoms with E-state index in [-0.39, 0.29) is 34.3 Å². The maximum atomic E-state index is 13.2. The number of sulfonamides is 1. The zero-order chi connectivity index (χ0) is 24.3. The Hall–Kier alpha value is -3.37. The first-order chi connectivity index (χ1) is 15.6. The molecule has 174 valence electrons. The Bertz CT molecular complexity index is 1410. The van der Waals surface area contributed by atoms with Crippen molar-refractivity contribution >= 4 is 33.3 Å². The lowest BCUT2D eigenvalue weighted by molar-refractivity contribution is 0.0462. The number of hydrogen-bond acceptors (Lipinski definition) is 6. The molecule has 0 spiro atoms. The van der Waals surface area contributed by atoms with Gasteiger partial charge in [0.25, 0.3) is 15.6 Å². The Morgan fingerprint density at radius 3 is 2.33 bits per heavy atom. The molecule has 33 heavy (non-hydrogen) atoms. The maximum absolute atomic E-state index is 13.2. The van der Waals surface area contributed by atoms with Crippen molar-refractivity contribution in [3.05, 3.63) is 91.7 Å². The van der Waals surface area contributed by atoms with Crippen LogP contribution < -0.4 is 15.6 Å². The highest BCUT2D eigenvalue weighted by atomic mass is 35.5. The van der Waals surface area contributed by atoms with Crippen molar-refractivity contribution in [3.63, 3.8) is 0 Å². The van der Waals surface area contributed by atoms with Crippen LogP contribution in [0.5, 0.6) is 0 Å². The van der Waals surface area contributed by atoms with Gasteiger partial charge in [-0.25, -0.2) is 18.0 Å². The monoisotopic (exact) mass is 491 g/mol. The third kappa shape index (κ3) is 4.86. The van der Waals surface area contributed by atoms with Gasteiger partial charge in [0, 0.05) is 26.7 Å². The van der Waals surface area contributed by atoms with Crippen molar-refractivity contribution in [2.24, 2.45) is 14.1 Å². The zero-order valence-electron chi connectivity index (χ0n) is 18.2. The molecule has 0 saturated carbocycles. The second kappa shape index (κ2) is 9.63. The minimum absolute atomic E-state index is 0.000394. The molecule has 0 fully saturated rings. The number of halogens is 1. The van der Waals surface area contributed by atoms with Crippen molar-refractivity contribution in [2.75, 3.05) is 10.8 Å². The SMILES string of the molecule is CCN(c1ccccc1)S(=O)(=O)c1ccc(Cl)c(C(=O)OCc2cc(=O)n(C)c(=O)n2C)c1. The number of aromatic nitrogens is 2. The Balaban J connectivity index is 1.91. The van der Waals surface area contributed by atoms with Crippen molar-refractivity contribution in [2.45, 2.75) is 18.4 Å². The molecule has 0 N–H and O–H groups in total. The average Bonchev–Trinajstić information content (AvgIpc) is 2.80. The van der Waals surface area contributed by atoms with Crippen LogP contribution >= 0.6 is 11.6 Å². The predicted molar refractivity (Wildman–Crippen MR) is 124 cm³/mol. The molecule has 0 atom stereocenters. The third-order valence-electron chi connectivity index (χ3n) is 5.05. The standard InChI is InChI=1S/C22H22ClN3O6S/c1-4-26(15-8-6-5-7-9-15)33(30,31)17-10-11-19(23)18(13-17)21(28)32-14-16-12-20(27)25(3)22(29)24(16)2/h5-13H,4,14H2,1-3H3. The lowest BCUT2D eigenvalue weighted by Gasteiger charge is -2.23. The van der Waals surface area contributed by atoms with Gasteiger partial charge in [-0.3, -0.25) is 18.2 Å². The van der Waals surface area contributed by atoms with Crippen LogP contribution in [0, 0.1) is 0 Å². The van der Waals surface area contributed by atoms with Crippen LogP contribution in [0.4, 0.5) is 5.69 Å². The van der Waals surface area contributed by atoms with Gasteiger partial charge in [-0.15, -0.1) is 0 Å². The number of nitrogens with zero attached hydrogens (tertiary/aromatic N) is 3. The Labute approximate surface area is 195 Å². The minimum Gasteiger partial charge on any atom is -0.456 e. The lowest BCUT2D eigenvalue weighted by atomic mass is 10.2. The van der Waals surface area contributed by atoms with E-state index in [2.05, 4.69) is 0 Å². The number of ether oxygens (including phenoxy) is 1. The van der Waals surface area contributed by atoms with Gasteiger partial charge in [0.1, 0.15) is 6.61 Å². The average molecular weight is 492 g/mol. The van der Waals surface area contributed by atoms with Gasteiger partial charge in [-0.1, -0.05) is 29.8 Å². The summed E-state index contributed by atoms with van der Waals surface area (Å²) in [5, 5.41) is -0.000394. The van der Waals surface area contributed by atoms with Gasteiger partial charge >= 0.3 is 11.7 Å². The molecule has 0 aliphatic carbocycles. The van der Waals surface area contributed by atoms with Crippen LogP contribution in [0.2, 0.25) is 5.02 Å². The van der Waals surface area contributed by atoms with E-state index in [1.54, 1.807) is 37.3 Å². The summed E-state index contributed by atoms with van der Waals surface area (Å²) in [6.07, 6.45) is 0. The van der Waals surface area contributed by atoms with E-state index in [9.17, 15) is 22.8 Å². The Kier molecular flexibility index (Phi) is 7.09. The van der Waals surface area contributed by atoms with Crippen LogP contribution in [0.25, 0.3) is 0 Å². The summed E-state index contributed by atoms with van der Waals surface area (Å²) in [4.78, 5) is 36.5. The number of carbonyl (C=O) groups excluding carboxylic acids is 1. The topological polar surface area (TPSA) is 108 Å². The van der Waals surface area contributed by atoms with Crippen molar-refractivity contribution < 1.29 is 17.9 Å². The molecular formula is C22H22ClN3O6S. The van der Waals surface area contributed by atoms with Gasteiger partial charge in [0.05, 0.1) is 26.9 Å². The molecular weight excluding hydrogens is 470 g/mol. The normalized spacial score (nSPS) is 11.3. The quantitative estimate of drug-likeness (QED) is 0.469. The van der Waals surface area contributed by atoms with Gasteiger partial charge in [0.2, 0.25) is 0 Å². The highest BCUT2D eigenvalue weighted by molar-refractivity contribution is 7.92. The van der Waals surface area contributed by atoms with Gasteiger partial charge in [-0.2, -0.15) is 0 Å². The highest BCUT2D eigenvalue weighted by Gasteiger charge is 2.26. The molecule has 0 unspecified atom stereocenters. The Morgan fingerprint density at radius 1 is 1.03 bits per heavy atom. The maximum Gasteiger partial charge on any atom is 0.340 e. The number of hydrogen-bond donors (Lipinski definition) is 0. The second-order valence-corrected chi connectivity index (χ2v) is 9.37. The van der Waals surface area contributed by atoms with E-state index in [0.717, 1.165) is 10.6 Å². The summed E-state index contributed by atoms with van der Waals surface area (Å²) < 4.78 is 35.0. The highest BCUT2D eigenvalue weighted by Crippen LogP contribution is 2.27. The predicted octanol–water partition coefficient (Wildman–Crippen LogP) is 2.31. The van der Waals surface area contributed by atoms with Crippen LogP contribution in [0.15, 0.2) is 69.1 Å². The molecule has 11 heteroatoms. The van der Waals surface area contributed by atoms with E-state index in [0.29, 0.717) is 5.69 Å². The molecule has 0 bridgehead atoms. The molecule has 2 aromatic carbocycles. The fourth-order valence-corrected chi connectivity index (χ4v) is 4.86. The number of carbonyl (C=O) groups is 1. The molecule has 0 aliphatic rings. The van der Waals surface area contributed by atoms with Crippen molar-refractivity contribution in [1.82, 2.24) is 9.13 Å². The molecule has 9 nitrogen and oxygen atoms in total. The molecule has 0 radical (unpaired) electrons. The lowest BCUT2D eigenvalue weighted by Crippen LogP contribution is -2.38. The smallest absolute Gasteiger partial charge is 0.340 e. The molecule has 0 saturated heterocycles. The minimum atomic E-state index is -3.99. The molecule has 1 heterocycles. The van der Waals surface area contributed by atoms with Crippen LogP contribution in [0.3, 0.4) is 0 Å². The number of benzene rings is 2. The van der Waals surface area contributed by atoms with E-state index in [1.165, 1.54) is 41.2 Å². The van der Waals surface area contributed by atoms with E-state index in [1.807, 2.05) is 0 Å². The van der Waals surface area contributed by atoms with E-state index < -0.39 is 27.2 Å². The van der Waals surface area contributed by atoms with Crippen molar-refractivity contribution in [3.8, 4) is 0 Å². The number of anilines is 1. The van der Waals surface area contributed by atoms with Gasteiger partial charge in [0.15, 0.2) is 0 Å². The fourth-order valence-electron chi connectivity index (χ4n) is 3.17. The van der Waals surface area contributed by atoms with Crippen LogP contribution in [-0.4, -0.2) is 30.1 Å². The van der Waals surface area contributed by atoms with Gasteiger partial charge in [-0.05, 0) is 37.3 Å². The van der Waals surface area contributed by atoms with Crippen molar-refractivity contribution in [1.29, 1.82) is 0 Å². The first-order valence-corrected chi connectivity index (χ1v) is 11.7. The Morgan fingerprint density at radius 2 is 1.70 bits per heavy atom. The second-order valence-electron chi connectivity index (χ2n) is 7.10. The molecule has 1 aromatic heterocycles. The summed E-state index contributed by atoms with van der Waals surface area (Å²) in [6.45, 7) is 1.49. The van der Waals surface area contributed by atoms with E-state index >= 15 is 0 Å². The van der Waals surface area contributed by atoms with Gasteiger partial charge < -0.3 is 4.74 Å². The van der Waals surface area contributed by atoms with Crippen LogP contribution in [0.1, 0.15) is 23.0 Å². The molecule has 3 rings (SSSR count). The number of para-hydroxylation sites is 1. The summed E-state index contributed by atoms with van der Waals surface area (Å²) >= 11 is 6.14. The first kappa shape index (κ1) is 24.3. The third-order valence-corrected chi connectivity index (χ3v) is 7.28. The summed E-state index contributed by atoms with van der Waals surface area (Å²) in [6, 6.07) is 13.5. The largest absolute Gasteiger partial charge is 0.456 e. The molecule has 3 aromatic rings. The fraction of sp³-hybridized carbons (Fsp3) is 0.227. The number of esters is 1. The first-order valence-electron chi connectivity index (χ1n) is 9.88. The summed E-state index contributed by atoms with van der Waals surface area (Å²) in [5.74, 6) is -0.895. The summed E-state index contributed by atoms with van der Waals surface area (Å²) in [5.41, 5.74) is -0.616.